The Kier molecular flexibility index (Phi) is 14.5. The zero-order chi connectivity index (χ0) is 30.0. The van der Waals surface area contributed by atoms with Crippen molar-refractivity contribution in [2.24, 2.45) is 5.92 Å². The molecule has 0 aliphatic heterocycles. The number of carboxylic acids is 1. The number of carboxylic acid groups (broad SMARTS) is 1. The first-order chi connectivity index (χ1) is 19.5. The monoisotopic (exact) mass is 588 g/mol. The Bertz CT molecular complexity index is 1190. The first-order valence-corrected chi connectivity index (χ1v) is 16.1. The Balaban J connectivity index is 0.00000616. The first kappa shape index (κ1) is 35.8. The predicted molar refractivity (Wildman–Crippen MR) is 164 cm³/mol. The van der Waals surface area contributed by atoms with Crippen LogP contribution in [-0.4, -0.2) is 59.6 Å². The fourth-order valence-corrected chi connectivity index (χ4v) is 5.76. The van der Waals surface area contributed by atoms with Crippen LogP contribution in [0.4, 0.5) is 4.79 Å². The predicted octanol–water partition coefficient (Wildman–Crippen LogP) is 2.63. The van der Waals surface area contributed by atoms with Crippen molar-refractivity contribution in [1.82, 2.24) is 10.2 Å². The molecule has 0 unspecified atom stereocenters. The van der Waals surface area contributed by atoms with Gasteiger partial charge in [0.05, 0.1) is 12.0 Å². The number of carbonyl (C=O) groups is 3. The minimum Gasteiger partial charge on any atom is -0.548 e. The van der Waals surface area contributed by atoms with Crippen molar-refractivity contribution in [3.8, 4) is 11.1 Å². The molecule has 224 valence electrons. The molecule has 42 heavy (non-hydrogen) atoms. The number of ether oxygens (including phenoxy) is 1. The van der Waals surface area contributed by atoms with Crippen molar-refractivity contribution in [2.45, 2.75) is 84.3 Å². The first-order valence-electron chi connectivity index (χ1n) is 14.7. The number of rotatable bonds is 12. The van der Waals surface area contributed by atoms with Gasteiger partial charge in [0.2, 0.25) is 0 Å². The minimum atomic E-state index is -1.29. The van der Waals surface area contributed by atoms with Gasteiger partial charge in [0.1, 0.15) is 5.60 Å². The molecule has 2 aromatic rings. The van der Waals surface area contributed by atoms with Gasteiger partial charge in [0.25, 0.3) is 5.91 Å². The third-order valence-electron chi connectivity index (χ3n) is 7.49. The van der Waals surface area contributed by atoms with E-state index in [4.69, 9.17) is 4.74 Å². The summed E-state index contributed by atoms with van der Waals surface area (Å²) in [7, 11) is 0. The topological polar surface area (TPSA) is 98.8 Å². The number of hydrogen-bond donors (Lipinski definition) is 1. The van der Waals surface area contributed by atoms with E-state index in [9.17, 15) is 19.5 Å². The van der Waals surface area contributed by atoms with Gasteiger partial charge in [-0.1, -0.05) is 55.7 Å². The maximum absolute atomic E-state index is 13.4. The number of benzene rings is 2. The van der Waals surface area contributed by atoms with Crippen LogP contribution in [0, 0.1) is 12.8 Å². The number of nitrogens with one attached hydrogen (secondary N) is 1. The van der Waals surface area contributed by atoms with Gasteiger partial charge in [-0.25, -0.2) is 4.79 Å². The van der Waals surface area contributed by atoms with Gasteiger partial charge in [0.15, 0.2) is 0 Å². The summed E-state index contributed by atoms with van der Waals surface area (Å²) in [6, 6.07) is 12.4. The summed E-state index contributed by atoms with van der Waals surface area (Å²) in [6.07, 6.45) is 8.40. The molecule has 0 heterocycles. The van der Waals surface area contributed by atoms with Gasteiger partial charge in [-0.3, -0.25) is 4.79 Å². The molecule has 1 fully saturated rings. The molecular formula is C33H45LiN2O5S. The third kappa shape index (κ3) is 11.0. The number of thioether (sulfide) groups is 1. The maximum Gasteiger partial charge on any atom is 1.00 e. The number of nitrogens with zero attached hydrogens (tertiary/aromatic N) is 1. The summed E-state index contributed by atoms with van der Waals surface area (Å²) in [5.74, 6) is -0.663. The van der Waals surface area contributed by atoms with Crippen molar-refractivity contribution < 1.29 is 43.1 Å². The second kappa shape index (κ2) is 17.0. The van der Waals surface area contributed by atoms with Crippen LogP contribution in [0.25, 0.3) is 11.1 Å². The summed E-state index contributed by atoms with van der Waals surface area (Å²) < 4.78 is 5.75. The van der Waals surface area contributed by atoms with Crippen LogP contribution in [-0.2, 0) is 16.0 Å². The Morgan fingerprint density at radius 1 is 1.07 bits per heavy atom. The summed E-state index contributed by atoms with van der Waals surface area (Å²) in [5, 5.41) is 14.4. The molecule has 1 aliphatic carbocycles. The van der Waals surface area contributed by atoms with E-state index in [-0.39, 0.29) is 31.4 Å². The molecule has 0 aromatic heterocycles. The van der Waals surface area contributed by atoms with E-state index in [0.29, 0.717) is 36.7 Å². The number of aliphatic carboxylic acids is 1. The normalized spacial score (nSPS) is 14.4. The van der Waals surface area contributed by atoms with Crippen LogP contribution < -0.4 is 29.3 Å². The van der Waals surface area contributed by atoms with E-state index in [1.165, 1.54) is 31.0 Å². The Morgan fingerprint density at radius 2 is 1.76 bits per heavy atom. The third-order valence-corrected chi connectivity index (χ3v) is 8.13. The smallest absolute Gasteiger partial charge is 0.548 e. The number of amides is 2. The Morgan fingerprint density at radius 3 is 2.38 bits per heavy atom. The molecule has 0 bridgehead atoms. The summed E-state index contributed by atoms with van der Waals surface area (Å²) in [5.41, 5.74) is 3.45. The van der Waals surface area contributed by atoms with E-state index in [0.717, 1.165) is 35.1 Å². The number of hydrogen-bond acceptors (Lipinski definition) is 6. The summed E-state index contributed by atoms with van der Waals surface area (Å²) in [4.78, 5) is 40.1. The average Bonchev–Trinajstić information content (AvgIpc) is 2.92. The standard InChI is InChI=1S/C33H46N2O5S.Li/c1-23-11-9-10-14-26(23)28-21-24(15-16-27(28)30(36)34-29(31(37)38)18-20-41-5)17-19-35(32(39)40-33(2,3)4)22-25-12-7-6-8-13-25;/h9-11,14-16,21,25,29H,6-8,12-13,17-20,22H2,1-5H3,(H,34,36)(H,37,38);/q;+1/p-1/t29-;/m0./s1. The SMILES string of the molecule is CSCC[C@H](NC(=O)c1ccc(CCN(CC2CCCCC2)C(=O)OC(C)(C)C)cc1-c1ccccc1C)C(=O)[O-].[Li+]. The van der Waals surface area contributed by atoms with Gasteiger partial charge in [-0.05, 0) is 99.6 Å². The molecule has 0 radical (unpaired) electrons. The van der Waals surface area contributed by atoms with Gasteiger partial charge >= 0.3 is 25.0 Å². The molecular weight excluding hydrogens is 543 g/mol. The molecule has 1 N–H and O–H groups in total. The van der Waals surface area contributed by atoms with Crippen molar-refractivity contribution in [2.75, 3.05) is 25.1 Å². The zero-order valence-corrected chi connectivity index (χ0v) is 27.0. The van der Waals surface area contributed by atoms with Crippen molar-refractivity contribution in [1.29, 1.82) is 0 Å². The van der Waals surface area contributed by atoms with Gasteiger partial charge in [0, 0.05) is 18.7 Å². The van der Waals surface area contributed by atoms with E-state index in [1.54, 1.807) is 6.07 Å². The van der Waals surface area contributed by atoms with Crippen LogP contribution >= 0.6 is 11.8 Å². The molecule has 1 aliphatic rings. The fraction of sp³-hybridized carbons (Fsp3) is 0.545. The van der Waals surface area contributed by atoms with E-state index >= 15 is 0 Å². The van der Waals surface area contributed by atoms with E-state index in [1.807, 2.05) is 75.2 Å². The van der Waals surface area contributed by atoms with Crippen molar-refractivity contribution >= 4 is 29.7 Å². The molecule has 1 atom stereocenters. The minimum absolute atomic E-state index is 0. The van der Waals surface area contributed by atoms with Crippen LogP contribution in [0.15, 0.2) is 42.5 Å². The van der Waals surface area contributed by atoms with E-state index < -0.39 is 23.5 Å². The molecule has 2 aromatic carbocycles. The van der Waals surface area contributed by atoms with Crippen LogP contribution in [0.1, 0.15) is 80.8 Å². The second-order valence-corrected chi connectivity index (χ2v) is 13.0. The average molecular weight is 589 g/mol. The van der Waals surface area contributed by atoms with Gasteiger partial charge in [-0.2, -0.15) is 11.8 Å². The molecule has 2 amide bonds. The Labute approximate surface area is 267 Å². The quantitative estimate of drug-likeness (QED) is 0.383. The van der Waals surface area contributed by atoms with E-state index in [2.05, 4.69) is 5.32 Å². The van der Waals surface area contributed by atoms with Crippen molar-refractivity contribution in [3.05, 3.63) is 59.2 Å². The van der Waals surface area contributed by atoms with Gasteiger partial charge in [-0.15, -0.1) is 0 Å². The second-order valence-electron chi connectivity index (χ2n) is 12.0. The largest absolute Gasteiger partial charge is 1.00 e. The summed E-state index contributed by atoms with van der Waals surface area (Å²) >= 11 is 1.52. The van der Waals surface area contributed by atoms with Crippen LogP contribution in [0.3, 0.4) is 0 Å². The van der Waals surface area contributed by atoms with Crippen LogP contribution in [0.2, 0.25) is 0 Å². The number of carbonyl (C=O) groups excluding carboxylic acids is 3. The zero-order valence-electron chi connectivity index (χ0n) is 26.2. The molecule has 7 nitrogen and oxygen atoms in total. The Hall–Kier alpha value is -2.40. The van der Waals surface area contributed by atoms with Gasteiger partial charge < -0.3 is 24.9 Å². The molecule has 3 rings (SSSR count). The maximum atomic E-state index is 13.4. The fourth-order valence-electron chi connectivity index (χ4n) is 5.29. The summed E-state index contributed by atoms with van der Waals surface area (Å²) in [6.45, 7) is 8.82. The molecule has 9 heteroatoms. The molecule has 0 spiro atoms. The molecule has 1 saturated carbocycles. The number of aryl methyl sites for hydroxylation is 1. The molecule has 0 saturated heterocycles. The van der Waals surface area contributed by atoms with Crippen LogP contribution in [0.5, 0.6) is 0 Å². The van der Waals surface area contributed by atoms with Crippen molar-refractivity contribution in [3.63, 3.8) is 0 Å².